The fourth-order valence-corrected chi connectivity index (χ4v) is 2.14. The van der Waals surface area contributed by atoms with Crippen molar-refractivity contribution in [3.8, 4) is 0 Å². The van der Waals surface area contributed by atoms with Gasteiger partial charge in [0.15, 0.2) is 0 Å². The minimum absolute atomic E-state index is 0. The summed E-state index contributed by atoms with van der Waals surface area (Å²) in [5.41, 5.74) is 1.28. The first-order chi connectivity index (χ1) is 10.0. The largest absolute Gasteiger partial charge is 1.00 e. The summed E-state index contributed by atoms with van der Waals surface area (Å²) in [6.45, 7) is 0.657. The van der Waals surface area contributed by atoms with Gasteiger partial charge in [0, 0.05) is 11.9 Å². The summed E-state index contributed by atoms with van der Waals surface area (Å²) in [6, 6.07) is 5.14. The molecule has 0 bridgehead atoms. The number of nitrogens with one attached hydrogen (secondary N) is 1. The van der Waals surface area contributed by atoms with E-state index >= 15 is 0 Å². The topological polar surface area (TPSA) is 15.3 Å². The predicted molar refractivity (Wildman–Crippen MR) is 74.9 cm³/mol. The predicted octanol–water partition coefficient (Wildman–Crippen LogP) is 1.09. The van der Waals surface area contributed by atoms with Crippen LogP contribution in [-0.4, -0.2) is 11.4 Å². The van der Waals surface area contributed by atoms with Crippen LogP contribution in [0.3, 0.4) is 0 Å². The highest BCUT2D eigenvalue weighted by Crippen LogP contribution is 2.31. The number of benzene rings is 1. The van der Waals surface area contributed by atoms with Crippen LogP contribution in [0.4, 0.5) is 18.9 Å². The van der Waals surface area contributed by atoms with E-state index in [-0.39, 0.29) is 17.0 Å². The smallest absolute Gasteiger partial charge is 0.416 e. The molecule has 6 heteroatoms. The van der Waals surface area contributed by atoms with Gasteiger partial charge in [0.25, 0.3) is 0 Å². The molecule has 0 aromatic heterocycles. The summed E-state index contributed by atoms with van der Waals surface area (Å²) in [5, 5.41) is 2.97. The van der Waals surface area contributed by atoms with Gasteiger partial charge in [0.05, 0.1) is 30.3 Å². The zero-order valence-corrected chi connectivity index (χ0v) is 12.9. The summed E-state index contributed by atoms with van der Waals surface area (Å²) < 4.78 is 38.0. The molecule has 0 unspecified atom stereocenters. The van der Waals surface area contributed by atoms with E-state index in [9.17, 15) is 13.2 Å². The maximum absolute atomic E-state index is 12.7. The van der Waals surface area contributed by atoms with Crippen LogP contribution in [0.1, 0.15) is 5.56 Å². The molecule has 3 rings (SSSR count). The second-order valence-electron chi connectivity index (χ2n) is 4.68. The van der Waals surface area contributed by atoms with E-state index in [2.05, 4.69) is 11.4 Å². The minimum atomic E-state index is -4.34. The second-order valence-corrected chi connectivity index (χ2v) is 4.68. The summed E-state index contributed by atoms with van der Waals surface area (Å²) in [4.78, 5) is 2.00. The Morgan fingerprint density at radius 3 is 2.77 bits per heavy atom. The molecule has 0 fully saturated rings. The van der Waals surface area contributed by atoms with Gasteiger partial charge < -0.3 is 27.2 Å². The Morgan fingerprint density at radius 2 is 2.00 bits per heavy atom. The normalized spacial score (nSPS) is 16.0. The van der Waals surface area contributed by atoms with Crippen LogP contribution in [0.2, 0.25) is 0 Å². The van der Waals surface area contributed by atoms with Crippen molar-refractivity contribution < 1.29 is 30.2 Å². The molecule has 0 spiro atoms. The van der Waals surface area contributed by atoms with Crippen molar-refractivity contribution in [2.75, 3.05) is 11.9 Å². The lowest BCUT2D eigenvalue weighted by molar-refractivity contribution is -0.137. The zero-order valence-electron chi connectivity index (χ0n) is 11.4. The number of fused-ring (bicyclic) bond motifs is 1. The van der Waals surface area contributed by atoms with Crippen molar-refractivity contribution in [3.05, 3.63) is 77.8 Å². The van der Waals surface area contributed by atoms with Gasteiger partial charge in [0.2, 0.25) is 11.4 Å². The summed E-state index contributed by atoms with van der Waals surface area (Å²) in [7, 11) is 0. The Hall–Kier alpha value is -2.04. The Labute approximate surface area is 137 Å². The molecule has 114 valence electrons. The van der Waals surface area contributed by atoms with Crippen LogP contribution in [-0.2, 0) is 6.18 Å². The quantitative estimate of drug-likeness (QED) is 0.786. The molecular weight excluding hydrogens is 357 g/mol. The molecule has 0 amide bonds. The maximum atomic E-state index is 12.7. The highest BCUT2D eigenvalue weighted by Gasteiger charge is 2.30. The minimum Gasteiger partial charge on any atom is -1.00 e. The van der Waals surface area contributed by atoms with Gasteiger partial charge >= 0.3 is 6.18 Å². The number of hydrogen-bond acceptors (Lipinski definition) is 2. The Balaban J connectivity index is 0.00000176. The molecule has 2 heterocycles. The third-order valence-electron chi connectivity index (χ3n) is 3.16. The lowest BCUT2D eigenvalue weighted by Crippen LogP contribution is -3.00. The Morgan fingerprint density at radius 1 is 1.18 bits per heavy atom. The van der Waals surface area contributed by atoms with Crippen molar-refractivity contribution in [1.82, 2.24) is 4.90 Å². The van der Waals surface area contributed by atoms with Gasteiger partial charge in [-0.25, -0.2) is 0 Å². The molecule has 1 N–H and O–H groups in total. The molecule has 0 aliphatic carbocycles. The number of halogens is 4. The van der Waals surface area contributed by atoms with Crippen LogP contribution in [0.25, 0.3) is 0 Å². The van der Waals surface area contributed by atoms with Crippen molar-refractivity contribution in [3.63, 3.8) is 0 Å². The SMILES string of the molecule is FC(F)(F)c1cccc(NC2=CCN3C=CC=CC3=[C+]2)c1.[Br-]. The highest BCUT2D eigenvalue weighted by atomic mass is 79.9. The maximum Gasteiger partial charge on any atom is 0.416 e. The highest BCUT2D eigenvalue weighted by molar-refractivity contribution is 5.53. The molecule has 1 aromatic rings. The van der Waals surface area contributed by atoms with Crippen LogP contribution in [0.5, 0.6) is 0 Å². The second kappa shape index (κ2) is 6.38. The van der Waals surface area contributed by atoms with Gasteiger partial charge in [-0.2, -0.15) is 13.2 Å². The van der Waals surface area contributed by atoms with Crippen LogP contribution in [0, 0.1) is 6.08 Å². The molecule has 0 radical (unpaired) electrons. The third-order valence-corrected chi connectivity index (χ3v) is 3.16. The Kier molecular flexibility index (Phi) is 4.74. The fraction of sp³-hybridized carbons (Fsp3) is 0.125. The average Bonchev–Trinajstić information content (AvgIpc) is 2.46. The van der Waals surface area contributed by atoms with Crippen LogP contribution < -0.4 is 22.3 Å². The molecule has 2 nitrogen and oxygen atoms in total. The van der Waals surface area contributed by atoms with Crippen LogP contribution >= 0.6 is 0 Å². The zero-order chi connectivity index (χ0) is 14.9. The first-order valence-electron chi connectivity index (χ1n) is 6.42. The van der Waals surface area contributed by atoms with Crippen LogP contribution in [0.15, 0.2) is 66.2 Å². The molecule has 0 saturated carbocycles. The summed E-state index contributed by atoms with van der Waals surface area (Å²) in [5.74, 6) is 0. The lowest BCUT2D eigenvalue weighted by atomic mass is 10.1. The average molecular weight is 369 g/mol. The summed E-state index contributed by atoms with van der Waals surface area (Å²) in [6.07, 6.45) is 8.33. The van der Waals surface area contributed by atoms with E-state index in [1.165, 1.54) is 6.07 Å². The fourth-order valence-electron chi connectivity index (χ4n) is 2.14. The molecule has 0 atom stereocenters. The van der Waals surface area contributed by atoms with E-state index in [0.29, 0.717) is 17.9 Å². The number of allylic oxidation sites excluding steroid dienone is 4. The molecule has 22 heavy (non-hydrogen) atoms. The number of rotatable bonds is 2. The number of alkyl halides is 3. The van der Waals surface area contributed by atoms with Gasteiger partial charge in [-0.1, -0.05) is 6.07 Å². The molecular formula is C16H12BrF3N2. The van der Waals surface area contributed by atoms with Crippen molar-refractivity contribution in [2.45, 2.75) is 6.18 Å². The van der Waals surface area contributed by atoms with Crippen molar-refractivity contribution in [1.29, 1.82) is 0 Å². The van der Waals surface area contributed by atoms with E-state index in [1.807, 2.05) is 35.4 Å². The molecule has 2 aliphatic rings. The number of hydrogen-bond donors (Lipinski definition) is 1. The van der Waals surface area contributed by atoms with Gasteiger partial charge in [-0.15, -0.1) is 0 Å². The monoisotopic (exact) mass is 368 g/mol. The van der Waals surface area contributed by atoms with Gasteiger partial charge in [-0.05, 0) is 30.4 Å². The van der Waals surface area contributed by atoms with E-state index in [0.717, 1.165) is 17.8 Å². The standard InChI is InChI=1S/C16H12F3N2.BrH/c17-16(18,19)12-4-3-5-13(10-12)20-14-7-9-21-8-2-1-6-15(21)11-14;/h1-8,10,20H,9H2;1H/q+1;/p-1. The molecule has 2 aliphatic heterocycles. The number of anilines is 1. The first-order valence-corrected chi connectivity index (χ1v) is 6.42. The van der Waals surface area contributed by atoms with Crippen molar-refractivity contribution >= 4 is 5.69 Å². The van der Waals surface area contributed by atoms with E-state index in [1.54, 1.807) is 6.07 Å². The summed E-state index contributed by atoms with van der Waals surface area (Å²) >= 11 is 0. The van der Waals surface area contributed by atoms with Gasteiger partial charge in [0.1, 0.15) is 0 Å². The van der Waals surface area contributed by atoms with E-state index in [4.69, 9.17) is 0 Å². The Bertz CT molecular complexity index is 672. The van der Waals surface area contributed by atoms with Gasteiger partial charge in [-0.3, -0.25) is 0 Å². The molecule has 1 aromatic carbocycles. The molecule has 0 saturated heterocycles. The van der Waals surface area contributed by atoms with Crippen molar-refractivity contribution in [2.24, 2.45) is 0 Å². The lowest BCUT2D eigenvalue weighted by Gasteiger charge is -2.19. The first kappa shape index (κ1) is 16.3. The third kappa shape index (κ3) is 3.59. The van der Waals surface area contributed by atoms with E-state index < -0.39 is 11.7 Å². The number of nitrogens with zero attached hydrogens (tertiary/aromatic N) is 1.